The van der Waals surface area contributed by atoms with E-state index in [9.17, 15) is 23.6 Å². The Balaban J connectivity index is 1.18. The lowest BCUT2D eigenvalue weighted by molar-refractivity contribution is -0.142. The molecule has 6 rings (SSSR count). The Morgan fingerprint density at radius 2 is 1.90 bits per heavy atom. The fourth-order valence-electron chi connectivity index (χ4n) is 5.52. The third-order valence-electron chi connectivity index (χ3n) is 7.77. The number of amides is 4. The van der Waals surface area contributed by atoms with Gasteiger partial charge in [-0.2, -0.15) is 5.10 Å². The first-order valence-electron chi connectivity index (χ1n) is 13.2. The quantitative estimate of drug-likeness (QED) is 0.470. The van der Waals surface area contributed by atoms with Crippen LogP contribution < -0.4 is 4.74 Å². The van der Waals surface area contributed by atoms with Crippen molar-refractivity contribution < 1.29 is 33.0 Å². The molecule has 11 nitrogen and oxygen atoms in total. The summed E-state index contributed by atoms with van der Waals surface area (Å²) in [7, 11) is 3.37. The van der Waals surface area contributed by atoms with Gasteiger partial charge in [-0.15, -0.1) is 0 Å². The molecule has 1 atom stereocenters. The molecule has 3 aliphatic rings. The molecule has 0 saturated carbocycles. The summed E-state index contributed by atoms with van der Waals surface area (Å²) in [6.45, 7) is 0.159. The fraction of sp³-hybridized carbons (Fsp3) is 0.345. The van der Waals surface area contributed by atoms with E-state index in [1.165, 1.54) is 28.0 Å². The topological polar surface area (TPSA) is 114 Å². The van der Waals surface area contributed by atoms with Crippen molar-refractivity contribution in [3.63, 3.8) is 0 Å². The molecule has 0 radical (unpaired) electrons. The van der Waals surface area contributed by atoms with E-state index < -0.39 is 35.9 Å². The van der Waals surface area contributed by atoms with Gasteiger partial charge in [-0.3, -0.25) is 19.1 Å². The highest BCUT2D eigenvalue weighted by Crippen LogP contribution is 2.46. The summed E-state index contributed by atoms with van der Waals surface area (Å²) in [6, 6.07) is 9.65. The monoisotopic (exact) mass is 561 g/mol. The average molecular weight is 562 g/mol. The second-order valence-corrected chi connectivity index (χ2v) is 10.6. The van der Waals surface area contributed by atoms with Crippen LogP contribution in [-0.2, 0) is 44.2 Å². The molecule has 2 aromatic carbocycles. The van der Waals surface area contributed by atoms with Crippen LogP contribution in [0.25, 0.3) is 11.1 Å². The van der Waals surface area contributed by atoms with Gasteiger partial charge in [0.2, 0.25) is 17.4 Å². The van der Waals surface area contributed by atoms with Gasteiger partial charge in [0.25, 0.3) is 5.91 Å². The zero-order valence-corrected chi connectivity index (χ0v) is 22.6. The second-order valence-electron chi connectivity index (χ2n) is 10.6. The number of likely N-dealkylation sites (N-methyl/N-ethyl adjacent to an activating group) is 1. The third-order valence-corrected chi connectivity index (χ3v) is 7.77. The van der Waals surface area contributed by atoms with Crippen LogP contribution in [0.3, 0.4) is 0 Å². The normalized spacial score (nSPS) is 19.5. The van der Waals surface area contributed by atoms with Crippen LogP contribution in [0.1, 0.15) is 23.1 Å². The van der Waals surface area contributed by atoms with Crippen LogP contribution in [0.4, 0.5) is 9.18 Å². The van der Waals surface area contributed by atoms with Crippen molar-refractivity contribution in [2.75, 3.05) is 33.8 Å². The molecule has 2 aliphatic heterocycles. The number of ether oxygens (including phenoxy) is 2. The summed E-state index contributed by atoms with van der Waals surface area (Å²) in [5.41, 5.74) is 2.15. The van der Waals surface area contributed by atoms with E-state index in [0.29, 0.717) is 23.3 Å². The van der Waals surface area contributed by atoms with Crippen LogP contribution in [0.15, 0.2) is 48.8 Å². The number of aryl methyl sites for hydroxylation is 1. The van der Waals surface area contributed by atoms with Gasteiger partial charge in [0.05, 0.1) is 12.7 Å². The van der Waals surface area contributed by atoms with Crippen LogP contribution in [-0.4, -0.2) is 82.1 Å². The van der Waals surface area contributed by atoms with Gasteiger partial charge in [-0.1, -0.05) is 18.2 Å². The number of fused-ring (bicyclic) bond motifs is 3. The van der Waals surface area contributed by atoms with Crippen molar-refractivity contribution in [2.24, 2.45) is 0 Å². The molecule has 1 aliphatic carbocycles. The fourth-order valence-corrected chi connectivity index (χ4v) is 5.52. The van der Waals surface area contributed by atoms with E-state index in [-0.39, 0.29) is 38.6 Å². The van der Waals surface area contributed by atoms with E-state index in [1.54, 1.807) is 37.2 Å². The van der Waals surface area contributed by atoms with Crippen molar-refractivity contribution in [3.05, 3.63) is 71.3 Å². The zero-order chi connectivity index (χ0) is 28.9. The Bertz CT molecular complexity index is 1590. The van der Waals surface area contributed by atoms with Gasteiger partial charge < -0.3 is 19.3 Å². The number of carbonyl (C=O) groups excluding carboxylic acids is 4. The molecule has 0 bridgehead atoms. The number of imide groups is 1. The van der Waals surface area contributed by atoms with Gasteiger partial charge in [-0.25, -0.2) is 14.1 Å². The lowest BCUT2D eigenvalue weighted by Crippen LogP contribution is -2.45. The maximum Gasteiger partial charge on any atom is 0.418 e. The minimum atomic E-state index is -1.48. The van der Waals surface area contributed by atoms with Crippen LogP contribution in [0, 0.1) is 5.82 Å². The Labute approximate surface area is 235 Å². The third kappa shape index (κ3) is 4.68. The van der Waals surface area contributed by atoms with Crippen molar-refractivity contribution in [1.82, 2.24) is 24.5 Å². The van der Waals surface area contributed by atoms with Crippen LogP contribution in [0.2, 0.25) is 0 Å². The summed E-state index contributed by atoms with van der Waals surface area (Å²) in [5.74, 6) is -1.07. The number of hydrogen-bond acceptors (Lipinski definition) is 7. The van der Waals surface area contributed by atoms with Crippen molar-refractivity contribution in [1.29, 1.82) is 0 Å². The smallest absolute Gasteiger partial charge is 0.418 e. The minimum Gasteiger partial charge on any atom is -0.491 e. The van der Waals surface area contributed by atoms with Crippen molar-refractivity contribution in [3.8, 4) is 16.9 Å². The predicted molar refractivity (Wildman–Crippen MR) is 142 cm³/mol. The second kappa shape index (κ2) is 10.0. The summed E-state index contributed by atoms with van der Waals surface area (Å²) >= 11 is 0. The lowest BCUT2D eigenvalue weighted by atomic mass is 9.93. The molecule has 41 heavy (non-hydrogen) atoms. The lowest BCUT2D eigenvalue weighted by Gasteiger charge is -2.23. The van der Waals surface area contributed by atoms with Crippen LogP contribution >= 0.6 is 0 Å². The molecule has 3 aromatic rings. The van der Waals surface area contributed by atoms with E-state index in [2.05, 4.69) is 5.10 Å². The summed E-state index contributed by atoms with van der Waals surface area (Å²) in [6.07, 6.45) is 3.35. The van der Waals surface area contributed by atoms with E-state index in [0.717, 1.165) is 21.6 Å². The molecule has 0 N–H and O–H groups in total. The van der Waals surface area contributed by atoms with E-state index in [4.69, 9.17) is 9.47 Å². The Kier molecular flexibility index (Phi) is 6.47. The van der Waals surface area contributed by atoms with Gasteiger partial charge in [-0.05, 0) is 35.7 Å². The summed E-state index contributed by atoms with van der Waals surface area (Å²) in [4.78, 5) is 55.5. The molecule has 212 valence electrons. The Morgan fingerprint density at radius 1 is 1.07 bits per heavy atom. The molecule has 3 heterocycles. The first-order chi connectivity index (χ1) is 19.6. The highest BCUT2D eigenvalue weighted by Gasteiger charge is 2.58. The van der Waals surface area contributed by atoms with E-state index in [1.807, 2.05) is 12.1 Å². The highest BCUT2D eigenvalue weighted by molar-refractivity contribution is 6.06. The highest BCUT2D eigenvalue weighted by atomic mass is 19.1. The molecule has 1 saturated heterocycles. The zero-order valence-electron chi connectivity index (χ0n) is 22.6. The Morgan fingerprint density at radius 3 is 2.71 bits per heavy atom. The maximum absolute atomic E-state index is 13.8. The standard InChI is InChI=1S/C29H28FN5O6/c1-32(2)25(36)16-34-15-21(13-31-34)18-3-5-23-19(11-18)7-8-29(23)27(38)35(28(39)41-29)17-26(37)33-9-10-40-24-6-4-22(30)12-20(24)14-33/h3-6,11-13,15H,7-10,14,16-17H2,1-2H3. The van der Waals surface area contributed by atoms with Gasteiger partial charge in [0.1, 0.15) is 31.3 Å². The average Bonchev–Trinajstić information content (AvgIpc) is 3.56. The molecule has 12 heteroatoms. The number of benzene rings is 2. The summed E-state index contributed by atoms with van der Waals surface area (Å²) in [5, 5.41) is 4.28. The maximum atomic E-state index is 13.8. The largest absolute Gasteiger partial charge is 0.491 e. The van der Waals surface area contributed by atoms with Crippen molar-refractivity contribution in [2.45, 2.75) is 31.5 Å². The van der Waals surface area contributed by atoms with Crippen molar-refractivity contribution >= 4 is 23.8 Å². The molecular weight excluding hydrogens is 533 g/mol. The minimum absolute atomic E-state index is 0.0805. The Hall–Kier alpha value is -4.74. The van der Waals surface area contributed by atoms with E-state index >= 15 is 0 Å². The number of rotatable bonds is 5. The molecule has 1 spiro atoms. The molecule has 1 aromatic heterocycles. The molecular formula is C29H28FN5O6. The number of halogens is 1. The van der Waals surface area contributed by atoms with Gasteiger partial charge in [0, 0.05) is 49.9 Å². The SMILES string of the molecule is CN(C)C(=O)Cn1cc(-c2ccc3c(c2)CCC32OC(=O)N(CC(=O)N3CCOc4ccc(F)cc4C3)C2=O)cn1. The first-order valence-corrected chi connectivity index (χ1v) is 13.2. The molecule has 4 amide bonds. The molecule has 1 unspecified atom stereocenters. The predicted octanol–water partition coefficient (Wildman–Crippen LogP) is 2.32. The van der Waals surface area contributed by atoms with Crippen LogP contribution in [0.5, 0.6) is 5.75 Å². The summed E-state index contributed by atoms with van der Waals surface area (Å²) < 4.78 is 26.7. The number of aromatic nitrogens is 2. The number of hydrogen-bond donors (Lipinski definition) is 0. The number of carbonyl (C=O) groups is 4. The van der Waals surface area contributed by atoms with Gasteiger partial charge >= 0.3 is 6.09 Å². The number of nitrogens with zero attached hydrogens (tertiary/aromatic N) is 5. The first kappa shape index (κ1) is 26.5. The van der Waals surface area contributed by atoms with Gasteiger partial charge in [0.15, 0.2) is 0 Å². The molecule has 1 fully saturated rings.